The van der Waals surface area contributed by atoms with Gasteiger partial charge < -0.3 is 15.0 Å². The van der Waals surface area contributed by atoms with Crippen LogP contribution < -0.4 is 10.2 Å². The maximum atomic E-state index is 14.3. The van der Waals surface area contributed by atoms with Crippen LogP contribution >= 0.6 is 0 Å². The van der Waals surface area contributed by atoms with Crippen molar-refractivity contribution in [3.05, 3.63) is 29.6 Å². The van der Waals surface area contributed by atoms with Crippen molar-refractivity contribution in [2.24, 2.45) is 0 Å². The molecule has 1 aliphatic heterocycles. The molecule has 118 valence electrons. The summed E-state index contributed by atoms with van der Waals surface area (Å²) in [6.45, 7) is 5.65. The number of methoxy groups -OCH3 is 1. The van der Waals surface area contributed by atoms with Crippen LogP contribution in [0.15, 0.2) is 18.2 Å². The first-order chi connectivity index (χ1) is 10.2. The Labute approximate surface area is 127 Å². The van der Waals surface area contributed by atoms with Crippen LogP contribution in [0.25, 0.3) is 0 Å². The van der Waals surface area contributed by atoms with Gasteiger partial charge in [0.15, 0.2) is 0 Å². The largest absolute Gasteiger partial charge is 0.385 e. The third-order valence-electron chi connectivity index (χ3n) is 4.14. The fraction of sp³-hybridized carbons (Fsp3) is 0.647. The van der Waals surface area contributed by atoms with Crippen LogP contribution in [-0.2, 0) is 4.74 Å². The minimum absolute atomic E-state index is 0.0973. The molecule has 1 atom stereocenters. The van der Waals surface area contributed by atoms with Crippen molar-refractivity contribution in [1.82, 2.24) is 5.32 Å². The first-order valence-corrected chi connectivity index (χ1v) is 7.99. The van der Waals surface area contributed by atoms with Crippen LogP contribution in [0.4, 0.5) is 10.1 Å². The van der Waals surface area contributed by atoms with E-state index < -0.39 is 0 Å². The highest BCUT2D eigenvalue weighted by Gasteiger charge is 2.16. The average Bonchev–Trinajstić information content (AvgIpc) is 2.52. The van der Waals surface area contributed by atoms with E-state index in [4.69, 9.17) is 4.74 Å². The number of nitrogens with one attached hydrogen (secondary N) is 1. The van der Waals surface area contributed by atoms with Gasteiger partial charge in [0.25, 0.3) is 0 Å². The van der Waals surface area contributed by atoms with E-state index in [9.17, 15) is 4.39 Å². The molecule has 4 heteroatoms. The van der Waals surface area contributed by atoms with E-state index in [1.54, 1.807) is 13.2 Å². The zero-order chi connectivity index (χ0) is 15.1. The smallest absolute Gasteiger partial charge is 0.146 e. The normalized spacial score (nSPS) is 17.0. The number of hydrogen-bond acceptors (Lipinski definition) is 3. The number of ether oxygens (including phenoxy) is 1. The van der Waals surface area contributed by atoms with E-state index >= 15 is 0 Å². The molecular weight excluding hydrogens is 267 g/mol. The fourth-order valence-corrected chi connectivity index (χ4v) is 2.84. The molecule has 0 amide bonds. The molecule has 2 rings (SSSR count). The molecule has 21 heavy (non-hydrogen) atoms. The SMILES string of the molecule is COCCCN[C@@H](C)c1ccc(N2CCCCC2)c(F)c1. The summed E-state index contributed by atoms with van der Waals surface area (Å²) in [5.41, 5.74) is 1.76. The molecule has 0 aliphatic carbocycles. The second-order valence-corrected chi connectivity index (χ2v) is 5.78. The van der Waals surface area contributed by atoms with E-state index in [2.05, 4.69) is 17.1 Å². The highest BCUT2D eigenvalue weighted by atomic mass is 19.1. The lowest BCUT2D eigenvalue weighted by Gasteiger charge is -2.29. The van der Waals surface area contributed by atoms with Gasteiger partial charge >= 0.3 is 0 Å². The number of benzene rings is 1. The molecule has 0 aromatic heterocycles. The molecule has 0 saturated carbocycles. The van der Waals surface area contributed by atoms with Crippen molar-refractivity contribution in [3.63, 3.8) is 0 Å². The van der Waals surface area contributed by atoms with Crippen LogP contribution in [0.1, 0.15) is 44.2 Å². The monoisotopic (exact) mass is 294 g/mol. The van der Waals surface area contributed by atoms with E-state index in [1.807, 2.05) is 12.1 Å². The summed E-state index contributed by atoms with van der Waals surface area (Å²) in [7, 11) is 1.71. The first kappa shape index (κ1) is 16.2. The number of piperidine rings is 1. The van der Waals surface area contributed by atoms with Crippen molar-refractivity contribution < 1.29 is 9.13 Å². The molecule has 0 unspecified atom stereocenters. The van der Waals surface area contributed by atoms with E-state index in [1.165, 1.54) is 19.3 Å². The summed E-state index contributed by atoms with van der Waals surface area (Å²) in [4.78, 5) is 2.17. The second-order valence-electron chi connectivity index (χ2n) is 5.78. The molecular formula is C17H27FN2O. The Kier molecular flexibility index (Phi) is 6.46. The Morgan fingerprint density at radius 2 is 2.05 bits per heavy atom. The van der Waals surface area contributed by atoms with Gasteiger partial charge in [-0.3, -0.25) is 0 Å². The second kappa shape index (κ2) is 8.35. The fourth-order valence-electron chi connectivity index (χ4n) is 2.84. The van der Waals surface area contributed by atoms with Gasteiger partial charge in [0.2, 0.25) is 0 Å². The van der Waals surface area contributed by atoms with Crippen molar-refractivity contribution in [1.29, 1.82) is 0 Å². The van der Waals surface area contributed by atoms with E-state index in [-0.39, 0.29) is 11.9 Å². The molecule has 1 fully saturated rings. The third-order valence-corrected chi connectivity index (χ3v) is 4.14. The molecule has 1 aliphatic rings. The van der Waals surface area contributed by atoms with Gasteiger partial charge in [0.05, 0.1) is 5.69 Å². The number of nitrogens with zero attached hydrogens (tertiary/aromatic N) is 1. The molecule has 1 heterocycles. The van der Waals surface area contributed by atoms with Crippen LogP contribution in [0.5, 0.6) is 0 Å². The first-order valence-electron chi connectivity index (χ1n) is 7.99. The summed E-state index contributed by atoms with van der Waals surface area (Å²) >= 11 is 0. The predicted molar refractivity (Wildman–Crippen MR) is 85.4 cm³/mol. The van der Waals surface area contributed by atoms with Crippen LogP contribution in [0.3, 0.4) is 0 Å². The van der Waals surface area contributed by atoms with Crippen LogP contribution in [0.2, 0.25) is 0 Å². The Bertz CT molecular complexity index is 433. The average molecular weight is 294 g/mol. The van der Waals surface area contributed by atoms with E-state index in [0.717, 1.165) is 43.9 Å². The van der Waals surface area contributed by atoms with Gasteiger partial charge in [-0.25, -0.2) is 4.39 Å². The van der Waals surface area contributed by atoms with Gasteiger partial charge in [0.1, 0.15) is 5.82 Å². The summed E-state index contributed by atoms with van der Waals surface area (Å²) in [5, 5.41) is 3.40. The van der Waals surface area contributed by atoms with Crippen LogP contribution in [-0.4, -0.2) is 33.4 Å². The lowest BCUT2D eigenvalue weighted by atomic mass is 10.1. The summed E-state index contributed by atoms with van der Waals surface area (Å²) < 4.78 is 19.4. The minimum atomic E-state index is -0.0973. The van der Waals surface area contributed by atoms with Crippen molar-refractivity contribution in [2.75, 3.05) is 38.3 Å². The van der Waals surface area contributed by atoms with Gasteiger partial charge in [-0.2, -0.15) is 0 Å². The molecule has 3 nitrogen and oxygen atoms in total. The van der Waals surface area contributed by atoms with Gasteiger partial charge in [-0.1, -0.05) is 6.07 Å². The molecule has 1 aromatic rings. The van der Waals surface area contributed by atoms with E-state index in [0.29, 0.717) is 0 Å². The Hall–Kier alpha value is -1.13. The molecule has 0 spiro atoms. The third kappa shape index (κ3) is 4.68. The zero-order valence-electron chi connectivity index (χ0n) is 13.2. The number of hydrogen-bond donors (Lipinski definition) is 1. The quantitative estimate of drug-likeness (QED) is 0.779. The maximum Gasteiger partial charge on any atom is 0.146 e. The van der Waals surface area contributed by atoms with Gasteiger partial charge in [-0.15, -0.1) is 0 Å². The molecule has 1 aromatic carbocycles. The molecule has 0 bridgehead atoms. The Morgan fingerprint density at radius 1 is 1.29 bits per heavy atom. The zero-order valence-corrected chi connectivity index (χ0v) is 13.2. The standard InChI is InChI=1S/C17H27FN2O/c1-14(19-9-6-12-21-2)15-7-8-17(16(18)13-15)20-10-4-3-5-11-20/h7-8,13-14,19H,3-6,9-12H2,1-2H3/t14-/m0/s1. The number of rotatable bonds is 7. The Morgan fingerprint density at radius 3 is 2.71 bits per heavy atom. The summed E-state index contributed by atoms with van der Waals surface area (Å²) in [6.07, 6.45) is 4.56. The maximum absolute atomic E-state index is 14.3. The van der Waals surface area contributed by atoms with Gasteiger partial charge in [0, 0.05) is 32.8 Å². The summed E-state index contributed by atoms with van der Waals surface area (Å²) in [6, 6.07) is 5.81. The molecule has 1 N–H and O–H groups in total. The predicted octanol–water partition coefficient (Wildman–Crippen LogP) is 3.50. The lowest BCUT2D eigenvalue weighted by Crippen LogP contribution is -2.30. The highest BCUT2D eigenvalue weighted by molar-refractivity contribution is 5.49. The number of anilines is 1. The topological polar surface area (TPSA) is 24.5 Å². The lowest BCUT2D eigenvalue weighted by molar-refractivity contribution is 0.193. The summed E-state index contributed by atoms with van der Waals surface area (Å²) in [5.74, 6) is -0.0973. The van der Waals surface area contributed by atoms with Gasteiger partial charge in [-0.05, 0) is 56.8 Å². The van der Waals surface area contributed by atoms with Crippen molar-refractivity contribution >= 4 is 5.69 Å². The molecule has 1 saturated heterocycles. The molecule has 0 radical (unpaired) electrons. The number of halogens is 1. The van der Waals surface area contributed by atoms with Crippen molar-refractivity contribution in [3.8, 4) is 0 Å². The van der Waals surface area contributed by atoms with Crippen LogP contribution in [0, 0.1) is 5.82 Å². The minimum Gasteiger partial charge on any atom is -0.385 e. The Balaban J connectivity index is 1.94. The van der Waals surface area contributed by atoms with Crippen molar-refractivity contribution in [2.45, 2.75) is 38.6 Å². The highest BCUT2D eigenvalue weighted by Crippen LogP contribution is 2.26.